The maximum absolute atomic E-state index is 10.8. The lowest BCUT2D eigenvalue weighted by Crippen LogP contribution is -2.09. The van der Waals surface area contributed by atoms with Crippen LogP contribution in [0, 0.1) is 45.3 Å². The Morgan fingerprint density at radius 2 is 0.966 bits per heavy atom. The number of nitrogens with zero attached hydrogens (tertiary/aromatic N) is 8. The minimum Gasteiger partial charge on any atom is -0.310 e. The van der Waals surface area contributed by atoms with E-state index in [0.29, 0.717) is 50.7 Å². The summed E-state index contributed by atoms with van der Waals surface area (Å²) in [5, 5.41) is 42.9. The zero-order valence-electron chi connectivity index (χ0n) is 30.7. The summed E-state index contributed by atoms with van der Waals surface area (Å²) in [6, 6.07) is 63.3. The highest BCUT2D eigenvalue weighted by molar-refractivity contribution is 6.11. The number of benzene rings is 7. The first-order chi connectivity index (χ1) is 28.6. The largest absolute Gasteiger partial charge is 0.310 e. The molecule has 0 N–H and O–H groups in total. The molecule has 8 heteroatoms. The molecule has 0 amide bonds. The van der Waals surface area contributed by atoms with Gasteiger partial charge in [-0.15, -0.1) is 0 Å². The molecule has 2 aromatic heterocycles. The van der Waals surface area contributed by atoms with E-state index in [0.717, 1.165) is 38.9 Å². The summed E-state index contributed by atoms with van der Waals surface area (Å²) >= 11 is 0. The van der Waals surface area contributed by atoms with Gasteiger partial charge in [0.05, 0.1) is 62.5 Å². The van der Waals surface area contributed by atoms with E-state index in [1.165, 1.54) is 0 Å². The molecule has 9 rings (SSSR count). The van der Waals surface area contributed by atoms with Crippen molar-refractivity contribution >= 4 is 38.9 Å². The number of nitriles is 4. The molecular formula is C50H28N8. The topological polar surface area (TPSA) is 129 Å². The van der Waals surface area contributed by atoms with Gasteiger partial charge in [-0.05, 0) is 91.0 Å². The van der Waals surface area contributed by atoms with Gasteiger partial charge in [0.1, 0.15) is 12.1 Å². The summed E-state index contributed by atoms with van der Waals surface area (Å²) < 4.78 is 2.00. The Balaban J connectivity index is 1.24. The van der Waals surface area contributed by atoms with Crippen LogP contribution in [0.1, 0.15) is 22.3 Å². The maximum Gasteiger partial charge on any atom is 0.160 e. The van der Waals surface area contributed by atoms with Gasteiger partial charge in [0.2, 0.25) is 0 Å². The number of para-hydroxylation sites is 3. The fraction of sp³-hybridized carbons (Fsp3) is 0. The molecule has 9 aromatic rings. The molecule has 268 valence electrons. The van der Waals surface area contributed by atoms with E-state index in [-0.39, 0.29) is 11.1 Å². The van der Waals surface area contributed by atoms with E-state index in [4.69, 9.17) is 9.97 Å². The van der Waals surface area contributed by atoms with E-state index in [1.807, 2.05) is 77.4 Å². The van der Waals surface area contributed by atoms with Gasteiger partial charge < -0.3 is 9.47 Å². The first kappa shape index (κ1) is 34.9. The number of hydrogen-bond donors (Lipinski definition) is 0. The lowest BCUT2D eigenvalue weighted by Gasteiger charge is -2.25. The van der Waals surface area contributed by atoms with Crippen LogP contribution in [0.4, 0.5) is 17.1 Å². The van der Waals surface area contributed by atoms with Gasteiger partial charge in [-0.3, -0.25) is 0 Å². The first-order valence-electron chi connectivity index (χ1n) is 18.4. The van der Waals surface area contributed by atoms with Gasteiger partial charge in [0.15, 0.2) is 5.82 Å². The molecule has 0 aliphatic heterocycles. The van der Waals surface area contributed by atoms with Crippen molar-refractivity contribution in [3.63, 3.8) is 0 Å². The molecule has 0 fully saturated rings. The number of anilines is 3. The minimum atomic E-state index is 0.288. The number of fused-ring (bicyclic) bond motifs is 3. The van der Waals surface area contributed by atoms with Gasteiger partial charge in [-0.2, -0.15) is 21.0 Å². The van der Waals surface area contributed by atoms with Crippen LogP contribution in [0.3, 0.4) is 0 Å². The molecule has 0 atom stereocenters. The first-order valence-corrected chi connectivity index (χ1v) is 18.4. The maximum atomic E-state index is 10.8. The van der Waals surface area contributed by atoms with Crippen LogP contribution in [0.2, 0.25) is 0 Å². The van der Waals surface area contributed by atoms with E-state index < -0.39 is 0 Å². The Morgan fingerprint density at radius 1 is 0.414 bits per heavy atom. The highest BCUT2D eigenvalue weighted by Gasteiger charge is 2.22. The molecule has 0 saturated carbocycles. The summed E-state index contributed by atoms with van der Waals surface area (Å²) in [4.78, 5) is 12.0. The average molecular weight is 741 g/mol. The third-order valence-electron chi connectivity index (χ3n) is 10.1. The smallest absolute Gasteiger partial charge is 0.160 e. The van der Waals surface area contributed by atoms with Gasteiger partial charge in [0, 0.05) is 44.5 Å². The number of aromatic nitrogens is 3. The molecule has 7 aromatic carbocycles. The Morgan fingerprint density at radius 3 is 1.59 bits per heavy atom. The van der Waals surface area contributed by atoms with E-state index >= 15 is 0 Å². The summed E-state index contributed by atoms with van der Waals surface area (Å²) in [6.07, 6.45) is 0. The second-order valence-electron chi connectivity index (χ2n) is 13.6. The summed E-state index contributed by atoms with van der Waals surface area (Å²) in [6.45, 7) is 0. The molecule has 8 nitrogen and oxygen atoms in total. The minimum absolute atomic E-state index is 0.288. The van der Waals surface area contributed by atoms with Crippen LogP contribution in [0.25, 0.3) is 61.4 Å². The Hall–Kier alpha value is -8.82. The van der Waals surface area contributed by atoms with Crippen LogP contribution in [-0.2, 0) is 0 Å². The van der Waals surface area contributed by atoms with Crippen molar-refractivity contribution in [1.29, 1.82) is 21.0 Å². The quantitative estimate of drug-likeness (QED) is 0.159. The van der Waals surface area contributed by atoms with Gasteiger partial charge in [-0.25, -0.2) is 9.97 Å². The molecule has 0 aliphatic rings. The fourth-order valence-electron chi connectivity index (χ4n) is 7.48. The Bertz CT molecular complexity index is 3080. The Labute approximate surface area is 334 Å². The van der Waals surface area contributed by atoms with Crippen LogP contribution in [0.15, 0.2) is 170 Å². The zero-order chi connectivity index (χ0) is 39.6. The van der Waals surface area contributed by atoms with Crippen molar-refractivity contribution < 1.29 is 0 Å². The number of rotatable bonds is 7. The van der Waals surface area contributed by atoms with Crippen molar-refractivity contribution in [2.24, 2.45) is 0 Å². The van der Waals surface area contributed by atoms with Gasteiger partial charge >= 0.3 is 0 Å². The summed E-state index contributed by atoms with van der Waals surface area (Å²) in [7, 11) is 0. The molecule has 0 saturated heterocycles. The molecule has 0 aliphatic carbocycles. The average Bonchev–Trinajstić information content (AvgIpc) is 3.62. The molecule has 0 spiro atoms. The van der Waals surface area contributed by atoms with Crippen molar-refractivity contribution in [2.75, 3.05) is 4.90 Å². The Kier molecular flexibility index (Phi) is 8.90. The molecule has 0 unspecified atom stereocenters. The summed E-state index contributed by atoms with van der Waals surface area (Å²) in [5.41, 5.74) is 9.51. The van der Waals surface area contributed by atoms with Gasteiger partial charge in [0.25, 0.3) is 0 Å². The second-order valence-corrected chi connectivity index (χ2v) is 13.6. The van der Waals surface area contributed by atoms with E-state index in [1.54, 1.807) is 54.6 Å². The highest BCUT2D eigenvalue weighted by atomic mass is 15.1. The third-order valence-corrected chi connectivity index (χ3v) is 10.1. The lowest BCUT2D eigenvalue weighted by molar-refractivity contribution is 1.15. The van der Waals surface area contributed by atoms with Crippen LogP contribution < -0.4 is 4.90 Å². The SMILES string of the molecule is N#Cc1cccc(-c2cc(-c3cc(C#N)c(-n4c5ccccc5c5cc(N(c6ccccc6)c6ccccc6)ccc54)c(C#N)c3)nc(-c3cccc(C#N)c3)n2)c1. The van der Waals surface area contributed by atoms with Crippen molar-refractivity contribution in [3.05, 3.63) is 192 Å². The normalized spacial score (nSPS) is 10.7. The fourth-order valence-corrected chi connectivity index (χ4v) is 7.48. The second kappa shape index (κ2) is 14.8. The summed E-state index contributed by atoms with van der Waals surface area (Å²) in [5.74, 6) is 0.353. The van der Waals surface area contributed by atoms with Crippen molar-refractivity contribution in [2.45, 2.75) is 0 Å². The van der Waals surface area contributed by atoms with Crippen molar-refractivity contribution in [3.8, 4) is 63.9 Å². The van der Waals surface area contributed by atoms with Crippen LogP contribution in [-0.4, -0.2) is 14.5 Å². The molecule has 0 radical (unpaired) electrons. The number of hydrogen-bond acceptors (Lipinski definition) is 7. The van der Waals surface area contributed by atoms with E-state index in [9.17, 15) is 21.0 Å². The van der Waals surface area contributed by atoms with Crippen molar-refractivity contribution in [1.82, 2.24) is 14.5 Å². The lowest BCUT2D eigenvalue weighted by atomic mass is 9.99. The molecule has 0 bridgehead atoms. The monoisotopic (exact) mass is 740 g/mol. The zero-order valence-corrected chi connectivity index (χ0v) is 30.7. The standard InChI is InChI=1S/C50H28N8/c51-29-33-11-9-13-35(23-33)45-28-46(56-50(55-45)36-14-10-12-34(24-36)30-52)37-25-38(31-53)49(39(26-37)32-54)58-47-20-8-7-19-43(47)44-27-42(21-22-48(44)58)57(40-15-3-1-4-16-40)41-17-5-2-6-18-41/h1-28H. The van der Waals surface area contributed by atoms with Gasteiger partial charge in [-0.1, -0.05) is 78.9 Å². The van der Waals surface area contributed by atoms with Crippen LogP contribution in [0.5, 0.6) is 0 Å². The molecular weight excluding hydrogens is 713 g/mol. The van der Waals surface area contributed by atoms with Crippen LogP contribution >= 0.6 is 0 Å². The molecule has 2 heterocycles. The highest BCUT2D eigenvalue weighted by Crippen LogP contribution is 2.41. The van der Waals surface area contributed by atoms with E-state index in [2.05, 4.69) is 71.6 Å². The predicted molar refractivity (Wildman–Crippen MR) is 226 cm³/mol. The third kappa shape index (κ3) is 6.22. The predicted octanol–water partition coefficient (Wildman–Crippen LogP) is 11.5. The molecule has 58 heavy (non-hydrogen) atoms.